The van der Waals surface area contributed by atoms with Crippen LogP contribution in [0, 0.1) is 0 Å². The molecule has 136 valence electrons. The molecule has 4 rings (SSSR count). The first-order chi connectivity index (χ1) is 13.2. The molecule has 1 aliphatic rings. The number of ether oxygens (including phenoxy) is 2. The summed E-state index contributed by atoms with van der Waals surface area (Å²) >= 11 is 0. The van der Waals surface area contributed by atoms with E-state index in [1.165, 1.54) is 0 Å². The number of carbonyl (C=O) groups excluding carboxylic acids is 1. The average molecular weight is 361 g/mol. The number of nitrogens with one attached hydrogen (secondary N) is 2. The molecule has 0 unspecified atom stereocenters. The number of amides is 1. The fourth-order valence-electron chi connectivity index (χ4n) is 2.91. The highest BCUT2D eigenvalue weighted by molar-refractivity contribution is 5.96. The topological polar surface area (TPSA) is 72.0 Å². The van der Waals surface area contributed by atoms with Gasteiger partial charge >= 0.3 is 0 Å². The van der Waals surface area contributed by atoms with Crippen LogP contribution >= 0.6 is 0 Å². The molecule has 6 nitrogen and oxygen atoms in total. The van der Waals surface area contributed by atoms with Crippen molar-refractivity contribution in [2.45, 2.75) is 13.0 Å². The number of nitrogens with zero attached hydrogens (tertiary/aromatic N) is 1. The third-order valence-corrected chi connectivity index (χ3v) is 4.34. The van der Waals surface area contributed by atoms with Gasteiger partial charge in [-0.05, 0) is 42.1 Å². The molecule has 0 fully saturated rings. The Labute approximate surface area is 156 Å². The summed E-state index contributed by atoms with van der Waals surface area (Å²) in [5.74, 6) is 1.17. The number of hydrazone groups is 1. The number of fused-ring (bicyclic) bond motifs is 2. The fraction of sp³-hybridized carbons (Fsp3) is 0.143. The van der Waals surface area contributed by atoms with Crippen LogP contribution in [0.1, 0.15) is 12.5 Å². The maximum Gasteiger partial charge on any atom is 0.262 e. The maximum absolute atomic E-state index is 12.3. The van der Waals surface area contributed by atoms with Gasteiger partial charge in [-0.1, -0.05) is 36.4 Å². The second-order valence-corrected chi connectivity index (χ2v) is 6.24. The number of hydrogen-bond acceptors (Lipinski definition) is 5. The van der Waals surface area contributed by atoms with Gasteiger partial charge in [0.25, 0.3) is 5.91 Å². The zero-order valence-corrected chi connectivity index (χ0v) is 14.8. The molecule has 1 amide bonds. The number of carbonyl (C=O) groups is 1. The number of benzene rings is 3. The van der Waals surface area contributed by atoms with E-state index in [1.807, 2.05) is 60.7 Å². The monoisotopic (exact) mass is 361 g/mol. The first-order valence-electron chi connectivity index (χ1n) is 8.67. The Morgan fingerprint density at radius 1 is 1.07 bits per heavy atom. The first-order valence-corrected chi connectivity index (χ1v) is 8.67. The molecule has 0 aromatic heterocycles. The van der Waals surface area contributed by atoms with E-state index in [0.717, 1.165) is 22.0 Å². The van der Waals surface area contributed by atoms with Gasteiger partial charge in [0.15, 0.2) is 11.5 Å². The average Bonchev–Trinajstić information content (AvgIpc) is 3.16. The fourth-order valence-corrected chi connectivity index (χ4v) is 2.91. The van der Waals surface area contributed by atoms with Crippen molar-refractivity contribution in [3.05, 3.63) is 66.2 Å². The highest BCUT2D eigenvalue weighted by Crippen LogP contribution is 2.32. The SMILES string of the molecule is C[C@@H](Nc1cccc2ccccc12)C(=O)N/N=C\c1ccc2c(c1)OCO2. The van der Waals surface area contributed by atoms with Crippen LogP contribution in [0.3, 0.4) is 0 Å². The Kier molecular flexibility index (Phi) is 4.61. The van der Waals surface area contributed by atoms with Gasteiger partial charge < -0.3 is 14.8 Å². The molecule has 0 saturated heterocycles. The molecule has 0 radical (unpaired) electrons. The standard InChI is InChI=1S/C21H19N3O3/c1-14(23-18-8-4-6-16-5-2-3-7-17(16)18)21(25)24-22-12-15-9-10-19-20(11-15)27-13-26-19/h2-12,14,23H,13H2,1H3,(H,24,25)/b22-12-/t14-/m1/s1. The summed E-state index contributed by atoms with van der Waals surface area (Å²) in [5.41, 5.74) is 4.29. The largest absolute Gasteiger partial charge is 0.454 e. The molecule has 6 heteroatoms. The molecule has 3 aromatic carbocycles. The molecule has 0 bridgehead atoms. The van der Waals surface area contributed by atoms with Crippen LogP contribution < -0.4 is 20.2 Å². The lowest BCUT2D eigenvalue weighted by atomic mass is 10.1. The van der Waals surface area contributed by atoms with Crippen LogP contribution in [-0.4, -0.2) is 25.0 Å². The van der Waals surface area contributed by atoms with E-state index in [2.05, 4.69) is 15.8 Å². The second kappa shape index (κ2) is 7.37. The summed E-state index contributed by atoms with van der Waals surface area (Å²) < 4.78 is 10.6. The maximum atomic E-state index is 12.3. The summed E-state index contributed by atoms with van der Waals surface area (Å²) in [6.07, 6.45) is 1.57. The van der Waals surface area contributed by atoms with Crippen molar-refractivity contribution in [3.8, 4) is 11.5 Å². The van der Waals surface area contributed by atoms with Crippen LogP contribution in [0.5, 0.6) is 11.5 Å². The van der Waals surface area contributed by atoms with Crippen molar-refractivity contribution >= 4 is 28.6 Å². The highest BCUT2D eigenvalue weighted by Gasteiger charge is 2.14. The van der Waals surface area contributed by atoms with Crippen LogP contribution in [0.15, 0.2) is 65.8 Å². The molecule has 0 spiro atoms. The quantitative estimate of drug-likeness (QED) is 0.539. The first kappa shape index (κ1) is 16.9. The Bertz CT molecular complexity index is 1010. The van der Waals surface area contributed by atoms with E-state index < -0.39 is 6.04 Å². The van der Waals surface area contributed by atoms with Gasteiger partial charge in [0.05, 0.1) is 6.21 Å². The molecular weight excluding hydrogens is 342 g/mol. The summed E-state index contributed by atoms with van der Waals surface area (Å²) in [5, 5.41) is 9.47. The second-order valence-electron chi connectivity index (χ2n) is 6.24. The minimum atomic E-state index is -0.440. The van der Waals surface area contributed by atoms with E-state index >= 15 is 0 Å². The van der Waals surface area contributed by atoms with Gasteiger partial charge in [-0.15, -0.1) is 0 Å². The van der Waals surface area contributed by atoms with Crippen molar-refractivity contribution in [2.24, 2.45) is 5.10 Å². The van der Waals surface area contributed by atoms with Crippen molar-refractivity contribution in [2.75, 3.05) is 12.1 Å². The van der Waals surface area contributed by atoms with E-state index in [9.17, 15) is 4.79 Å². The molecule has 27 heavy (non-hydrogen) atoms. The van der Waals surface area contributed by atoms with Crippen LogP contribution in [0.25, 0.3) is 10.8 Å². The third-order valence-electron chi connectivity index (χ3n) is 4.34. The van der Waals surface area contributed by atoms with Gasteiger partial charge in [-0.3, -0.25) is 4.79 Å². The molecule has 0 aliphatic carbocycles. The molecule has 1 atom stereocenters. The lowest BCUT2D eigenvalue weighted by Crippen LogP contribution is -2.34. The van der Waals surface area contributed by atoms with Crippen LogP contribution in [0.4, 0.5) is 5.69 Å². The highest BCUT2D eigenvalue weighted by atomic mass is 16.7. The predicted octanol–water partition coefficient (Wildman–Crippen LogP) is 3.52. The molecule has 0 saturated carbocycles. The molecule has 1 aliphatic heterocycles. The lowest BCUT2D eigenvalue weighted by molar-refractivity contribution is -0.121. The smallest absolute Gasteiger partial charge is 0.262 e. The minimum absolute atomic E-state index is 0.222. The van der Waals surface area contributed by atoms with E-state index in [1.54, 1.807) is 13.1 Å². The minimum Gasteiger partial charge on any atom is -0.454 e. The van der Waals surface area contributed by atoms with Gasteiger partial charge in [-0.25, -0.2) is 5.43 Å². The number of anilines is 1. The molecule has 1 heterocycles. The normalized spacial score (nSPS) is 13.7. The third kappa shape index (κ3) is 3.69. The number of hydrogen-bond donors (Lipinski definition) is 2. The van der Waals surface area contributed by atoms with Gasteiger partial charge in [0.1, 0.15) is 6.04 Å². The van der Waals surface area contributed by atoms with E-state index in [0.29, 0.717) is 11.5 Å². The molecular formula is C21H19N3O3. The summed E-state index contributed by atoms with van der Waals surface area (Å²) in [6.45, 7) is 2.03. The summed E-state index contributed by atoms with van der Waals surface area (Å²) in [7, 11) is 0. The van der Waals surface area contributed by atoms with Crippen LogP contribution in [-0.2, 0) is 4.79 Å². The Hall–Kier alpha value is -3.54. The van der Waals surface area contributed by atoms with Crippen molar-refractivity contribution in [1.82, 2.24) is 5.43 Å². The molecule has 2 N–H and O–H groups in total. The van der Waals surface area contributed by atoms with Gasteiger partial charge in [0.2, 0.25) is 6.79 Å². The van der Waals surface area contributed by atoms with Crippen LogP contribution in [0.2, 0.25) is 0 Å². The summed E-state index contributed by atoms with van der Waals surface area (Å²) in [6, 6.07) is 19.1. The van der Waals surface area contributed by atoms with Gasteiger partial charge in [-0.2, -0.15) is 5.10 Å². The van der Waals surface area contributed by atoms with E-state index in [-0.39, 0.29) is 12.7 Å². The van der Waals surface area contributed by atoms with Crippen molar-refractivity contribution in [1.29, 1.82) is 0 Å². The predicted molar refractivity (Wildman–Crippen MR) is 105 cm³/mol. The Morgan fingerprint density at radius 3 is 2.81 bits per heavy atom. The van der Waals surface area contributed by atoms with Crippen molar-refractivity contribution in [3.63, 3.8) is 0 Å². The Balaban J connectivity index is 1.39. The zero-order valence-electron chi connectivity index (χ0n) is 14.8. The lowest BCUT2D eigenvalue weighted by Gasteiger charge is -2.15. The summed E-state index contributed by atoms with van der Waals surface area (Å²) in [4.78, 5) is 12.3. The zero-order chi connectivity index (χ0) is 18.6. The van der Waals surface area contributed by atoms with Gasteiger partial charge in [0, 0.05) is 11.1 Å². The number of rotatable bonds is 5. The molecule has 3 aromatic rings. The van der Waals surface area contributed by atoms with E-state index in [4.69, 9.17) is 9.47 Å². The van der Waals surface area contributed by atoms with Crippen molar-refractivity contribution < 1.29 is 14.3 Å². The Morgan fingerprint density at radius 2 is 1.89 bits per heavy atom.